The van der Waals surface area contributed by atoms with Crippen molar-refractivity contribution in [1.29, 1.82) is 0 Å². The van der Waals surface area contributed by atoms with E-state index in [1.807, 2.05) is 73.6 Å². The van der Waals surface area contributed by atoms with Crippen LogP contribution in [-0.4, -0.2) is 84.9 Å². The van der Waals surface area contributed by atoms with Crippen LogP contribution in [0.25, 0.3) is 65.8 Å². The number of nitrogens with zero attached hydrogens (tertiary/aromatic N) is 12. The van der Waals surface area contributed by atoms with Gasteiger partial charge in [-0.25, -0.2) is 29.9 Å². The van der Waals surface area contributed by atoms with Crippen LogP contribution < -0.4 is 31.9 Å². The molecule has 0 fully saturated rings. The van der Waals surface area contributed by atoms with E-state index in [-0.39, 0.29) is 0 Å². The molecule has 0 aliphatic heterocycles. The monoisotopic (exact) mass is 892 g/mol. The van der Waals surface area contributed by atoms with E-state index >= 15 is 0 Å². The standard InChI is InChI=1S/C18H25N5.C17H23N5.C16H21N5/c1-5-10-22(4)18-21-15-16(23(18)11-12(2)3)13-8-6-7-9-14(13)20-17(15)19;1-5-21(4)17-20-14-15(22(17)10-11(2)3)12-8-6-7-9-13(12)19-16(14)18;1-10(2)9-21-14-11-7-5-6-8-12(11)18-15(17)13(14)19-16(21)20(3)4/h6-9,12H,5,10-11H2,1-4H3,(H2,19,20);6-9,11H,5,10H2,1-4H3,(H2,18,19);5-8,10H,9H2,1-4H3,(H2,17,18). The van der Waals surface area contributed by atoms with Crippen molar-refractivity contribution < 1.29 is 0 Å². The second kappa shape index (κ2) is 19.7. The second-order valence-electron chi connectivity index (χ2n) is 18.7. The Morgan fingerprint density at radius 3 is 1.09 bits per heavy atom. The fraction of sp³-hybridized carbons (Fsp3) is 0.412. The number of pyridine rings is 3. The molecule has 0 atom stereocenters. The molecule has 0 amide bonds. The van der Waals surface area contributed by atoms with E-state index in [9.17, 15) is 0 Å². The van der Waals surface area contributed by atoms with E-state index in [0.29, 0.717) is 35.2 Å². The molecular formula is C51H69N15. The first-order valence-corrected chi connectivity index (χ1v) is 23.3. The van der Waals surface area contributed by atoms with Gasteiger partial charge in [0.05, 0.1) is 33.1 Å². The van der Waals surface area contributed by atoms with E-state index in [2.05, 4.69) is 126 Å². The summed E-state index contributed by atoms with van der Waals surface area (Å²) in [7, 11) is 8.16. The quantitative estimate of drug-likeness (QED) is 0.106. The summed E-state index contributed by atoms with van der Waals surface area (Å²) in [5.41, 5.74) is 26.9. The molecule has 6 heterocycles. The molecule has 348 valence electrons. The summed E-state index contributed by atoms with van der Waals surface area (Å²) in [6, 6.07) is 24.4. The predicted octanol–water partition coefficient (Wildman–Crippen LogP) is 9.84. The second-order valence-corrected chi connectivity index (χ2v) is 18.7. The SMILES string of the molecule is CC(C)Cn1c(N(C)C)nc2c(N)nc3ccccc3c21.CCCN(C)c1nc2c(N)nc3ccccc3c2n1CC(C)C.CCN(C)c1nc2c(N)nc3ccccc3c2n1CC(C)C. The van der Waals surface area contributed by atoms with Gasteiger partial charge in [-0.2, -0.15) is 0 Å². The smallest absolute Gasteiger partial charge is 0.206 e. The Morgan fingerprint density at radius 2 is 0.773 bits per heavy atom. The lowest BCUT2D eigenvalue weighted by Crippen LogP contribution is -2.23. The van der Waals surface area contributed by atoms with Gasteiger partial charge in [-0.15, -0.1) is 0 Å². The van der Waals surface area contributed by atoms with Crippen LogP contribution >= 0.6 is 0 Å². The molecule has 66 heavy (non-hydrogen) atoms. The molecular weight excluding hydrogens is 823 g/mol. The van der Waals surface area contributed by atoms with Gasteiger partial charge in [0.15, 0.2) is 17.5 Å². The Morgan fingerprint density at radius 1 is 0.455 bits per heavy atom. The number of aromatic nitrogens is 9. The zero-order valence-corrected chi connectivity index (χ0v) is 41.0. The zero-order chi connectivity index (χ0) is 47.6. The van der Waals surface area contributed by atoms with E-state index in [1.54, 1.807) is 0 Å². The molecule has 15 nitrogen and oxygen atoms in total. The number of anilines is 6. The van der Waals surface area contributed by atoms with Gasteiger partial charge >= 0.3 is 0 Å². The largest absolute Gasteiger partial charge is 0.382 e. The van der Waals surface area contributed by atoms with E-state index in [0.717, 1.165) is 123 Å². The molecule has 0 spiro atoms. The summed E-state index contributed by atoms with van der Waals surface area (Å²) in [5, 5.41) is 3.32. The van der Waals surface area contributed by atoms with Crippen molar-refractivity contribution in [3.8, 4) is 0 Å². The number of rotatable bonds is 12. The fourth-order valence-electron chi connectivity index (χ4n) is 8.66. The van der Waals surface area contributed by atoms with Crippen molar-refractivity contribution in [1.82, 2.24) is 43.6 Å². The van der Waals surface area contributed by atoms with Crippen LogP contribution in [0.3, 0.4) is 0 Å². The van der Waals surface area contributed by atoms with Crippen LogP contribution in [0, 0.1) is 17.8 Å². The van der Waals surface area contributed by atoms with Crippen molar-refractivity contribution in [3.63, 3.8) is 0 Å². The number of benzene rings is 3. The average Bonchev–Trinajstić information content (AvgIpc) is 3.97. The van der Waals surface area contributed by atoms with Crippen molar-refractivity contribution in [2.75, 3.05) is 73.2 Å². The highest BCUT2D eigenvalue weighted by molar-refractivity contribution is 6.09. The number of fused-ring (bicyclic) bond motifs is 9. The van der Waals surface area contributed by atoms with Crippen molar-refractivity contribution in [2.45, 2.75) is 81.4 Å². The lowest BCUT2D eigenvalue weighted by Gasteiger charge is -2.20. The van der Waals surface area contributed by atoms with Gasteiger partial charge in [-0.1, -0.05) is 103 Å². The Kier molecular flexibility index (Phi) is 14.0. The lowest BCUT2D eigenvalue weighted by atomic mass is 10.1. The molecule has 9 aromatic rings. The van der Waals surface area contributed by atoms with Gasteiger partial charge in [0.25, 0.3) is 0 Å². The van der Waals surface area contributed by atoms with Gasteiger partial charge < -0.3 is 45.6 Å². The highest BCUT2D eigenvalue weighted by Crippen LogP contribution is 2.35. The fourth-order valence-corrected chi connectivity index (χ4v) is 8.66. The summed E-state index contributed by atoms with van der Waals surface area (Å²) in [6.07, 6.45) is 1.08. The third kappa shape index (κ3) is 9.29. The van der Waals surface area contributed by atoms with Crippen LogP contribution in [0.5, 0.6) is 0 Å². The number of hydrogen-bond donors (Lipinski definition) is 3. The minimum atomic E-state index is 0.495. The Balaban J connectivity index is 0.000000147. The Labute approximate surface area is 388 Å². The number of imidazole rings is 3. The minimum Gasteiger partial charge on any atom is -0.382 e. The highest BCUT2D eigenvalue weighted by Gasteiger charge is 2.22. The molecule has 6 aromatic heterocycles. The molecule has 0 unspecified atom stereocenters. The molecule has 0 saturated heterocycles. The van der Waals surface area contributed by atoms with Crippen LogP contribution in [0.2, 0.25) is 0 Å². The van der Waals surface area contributed by atoms with E-state index < -0.39 is 0 Å². The van der Waals surface area contributed by atoms with Gasteiger partial charge in [-0.3, -0.25) is 0 Å². The van der Waals surface area contributed by atoms with E-state index in [4.69, 9.17) is 32.2 Å². The third-order valence-corrected chi connectivity index (χ3v) is 11.5. The molecule has 15 heteroatoms. The molecule has 3 aromatic carbocycles. The summed E-state index contributed by atoms with van der Waals surface area (Å²) in [5.74, 6) is 5.92. The molecule has 0 saturated carbocycles. The maximum Gasteiger partial charge on any atom is 0.206 e. The molecule has 0 aliphatic carbocycles. The zero-order valence-electron chi connectivity index (χ0n) is 41.0. The number of hydrogen-bond acceptors (Lipinski definition) is 12. The maximum absolute atomic E-state index is 6.20. The first-order chi connectivity index (χ1) is 31.5. The van der Waals surface area contributed by atoms with Crippen molar-refractivity contribution in [3.05, 3.63) is 72.8 Å². The van der Waals surface area contributed by atoms with Gasteiger partial charge in [-0.05, 0) is 49.3 Å². The lowest BCUT2D eigenvalue weighted by molar-refractivity contribution is 0.531. The van der Waals surface area contributed by atoms with Crippen LogP contribution in [0.15, 0.2) is 72.8 Å². The average molecular weight is 892 g/mol. The maximum atomic E-state index is 6.20. The Hall–Kier alpha value is -6.90. The minimum absolute atomic E-state index is 0.495. The molecule has 9 rings (SSSR count). The first kappa shape index (κ1) is 47.1. The van der Waals surface area contributed by atoms with Crippen molar-refractivity contribution >= 4 is 101 Å². The van der Waals surface area contributed by atoms with Crippen LogP contribution in [0.4, 0.5) is 35.3 Å². The van der Waals surface area contributed by atoms with Gasteiger partial charge in [0.1, 0.15) is 16.6 Å². The normalized spacial score (nSPS) is 11.7. The summed E-state index contributed by atoms with van der Waals surface area (Å²) in [4.78, 5) is 34.2. The summed E-state index contributed by atoms with van der Waals surface area (Å²) < 4.78 is 6.83. The molecule has 0 bridgehead atoms. The van der Waals surface area contributed by atoms with Crippen LogP contribution in [-0.2, 0) is 19.6 Å². The van der Waals surface area contributed by atoms with Gasteiger partial charge in [0.2, 0.25) is 17.8 Å². The topological polar surface area (TPSA) is 180 Å². The molecule has 0 aliphatic rings. The first-order valence-electron chi connectivity index (χ1n) is 23.3. The molecule has 0 radical (unpaired) electrons. The summed E-state index contributed by atoms with van der Waals surface area (Å²) >= 11 is 0. The van der Waals surface area contributed by atoms with Crippen LogP contribution in [0.1, 0.15) is 61.8 Å². The third-order valence-electron chi connectivity index (χ3n) is 11.5. The number of para-hydroxylation sites is 3. The molecule has 6 N–H and O–H groups in total. The van der Waals surface area contributed by atoms with Gasteiger partial charge in [0, 0.05) is 77.1 Å². The predicted molar refractivity (Wildman–Crippen MR) is 280 cm³/mol. The Bertz CT molecular complexity index is 3120. The number of nitrogens with two attached hydrogens (primary N) is 3. The van der Waals surface area contributed by atoms with E-state index in [1.165, 1.54) is 0 Å². The van der Waals surface area contributed by atoms with Crippen molar-refractivity contribution in [2.24, 2.45) is 17.8 Å². The number of nitrogen functional groups attached to an aromatic ring is 3. The summed E-state index contributed by atoms with van der Waals surface area (Å²) in [6.45, 7) is 22.2. The highest BCUT2D eigenvalue weighted by atomic mass is 15.3.